The van der Waals surface area contributed by atoms with Gasteiger partial charge in [-0.3, -0.25) is 14.5 Å². The number of hydrogen-bond donors (Lipinski definition) is 0. The second kappa shape index (κ2) is 8.97. The standard InChI is InChI=1S/C22H27N5O2S/c1-4-10-26-21(16-5-8-23-9-6-16)24-27(22(26)30)15-25-11-7-17-12-19(28-2)20(29-3)13-18(17)14-25/h5-6,8-9,12-13H,4,7,10-11,14-15H2,1-3H3. The zero-order chi connectivity index (χ0) is 21.1. The third kappa shape index (κ3) is 3.97. The molecule has 0 saturated carbocycles. The molecule has 3 aromatic rings. The summed E-state index contributed by atoms with van der Waals surface area (Å²) in [4.78, 5) is 6.48. The van der Waals surface area contributed by atoms with Gasteiger partial charge in [0, 0.05) is 37.6 Å². The van der Waals surface area contributed by atoms with Crippen LogP contribution >= 0.6 is 12.2 Å². The van der Waals surface area contributed by atoms with Crippen LogP contribution in [-0.2, 0) is 26.2 Å². The van der Waals surface area contributed by atoms with E-state index in [1.54, 1.807) is 26.6 Å². The van der Waals surface area contributed by atoms with Crippen molar-refractivity contribution in [3.63, 3.8) is 0 Å². The van der Waals surface area contributed by atoms with Gasteiger partial charge >= 0.3 is 0 Å². The Morgan fingerprint density at radius 1 is 1.07 bits per heavy atom. The van der Waals surface area contributed by atoms with Crippen molar-refractivity contribution in [3.8, 4) is 22.9 Å². The minimum atomic E-state index is 0.654. The smallest absolute Gasteiger partial charge is 0.199 e. The molecule has 0 saturated heterocycles. The molecule has 7 nitrogen and oxygen atoms in total. The number of nitrogens with zero attached hydrogens (tertiary/aromatic N) is 5. The number of rotatable bonds is 7. The molecule has 4 rings (SSSR count). The van der Waals surface area contributed by atoms with E-state index in [1.165, 1.54) is 11.1 Å². The van der Waals surface area contributed by atoms with Crippen LogP contribution < -0.4 is 9.47 Å². The Morgan fingerprint density at radius 2 is 1.77 bits per heavy atom. The number of pyridine rings is 1. The molecule has 0 unspecified atom stereocenters. The van der Waals surface area contributed by atoms with Gasteiger partial charge < -0.3 is 9.47 Å². The highest BCUT2D eigenvalue weighted by Crippen LogP contribution is 2.33. The molecule has 158 valence electrons. The third-order valence-electron chi connectivity index (χ3n) is 5.44. The molecule has 1 aliphatic heterocycles. The predicted molar refractivity (Wildman–Crippen MR) is 118 cm³/mol. The van der Waals surface area contributed by atoms with E-state index in [0.29, 0.717) is 6.67 Å². The topological polar surface area (TPSA) is 57.3 Å². The van der Waals surface area contributed by atoms with E-state index >= 15 is 0 Å². The lowest BCUT2D eigenvalue weighted by molar-refractivity contribution is 0.187. The first-order chi connectivity index (χ1) is 14.6. The molecule has 1 aliphatic rings. The number of methoxy groups -OCH3 is 2. The quantitative estimate of drug-likeness (QED) is 0.535. The molecule has 1 aromatic carbocycles. The largest absolute Gasteiger partial charge is 0.493 e. The molecule has 3 heterocycles. The van der Waals surface area contributed by atoms with Gasteiger partial charge in [-0.05, 0) is 60.5 Å². The number of fused-ring (bicyclic) bond motifs is 1. The maximum atomic E-state index is 5.78. The number of aromatic nitrogens is 4. The van der Waals surface area contributed by atoms with Gasteiger partial charge in [0.15, 0.2) is 22.1 Å². The van der Waals surface area contributed by atoms with Gasteiger partial charge in [-0.1, -0.05) is 6.92 Å². The van der Waals surface area contributed by atoms with Crippen LogP contribution in [-0.4, -0.2) is 45.0 Å². The molecule has 0 N–H and O–H groups in total. The first-order valence-electron chi connectivity index (χ1n) is 10.2. The highest BCUT2D eigenvalue weighted by molar-refractivity contribution is 7.71. The van der Waals surface area contributed by atoms with Crippen LogP contribution in [0.1, 0.15) is 24.5 Å². The summed E-state index contributed by atoms with van der Waals surface area (Å²) < 4.78 is 15.7. The zero-order valence-corrected chi connectivity index (χ0v) is 18.5. The average Bonchev–Trinajstić information content (AvgIpc) is 3.09. The van der Waals surface area contributed by atoms with Gasteiger partial charge in [0.25, 0.3) is 0 Å². The lowest BCUT2D eigenvalue weighted by Gasteiger charge is -2.29. The summed E-state index contributed by atoms with van der Waals surface area (Å²) >= 11 is 5.78. The Morgan fingerprint density at radius 3 is 2.43 bits per heavy atom. The van der Waals surface area contributed by atoms with Crippen molar-refractivity contribution < 1.29 is 9.47 Å². The maximum Gasteiger partial charge on any atom is 0.199 e. The lowest BCUT2D eigenvalue weighted by atomic mass is 9.99. The first-order valence-corrected chi connectivity index (χ1v) is 10.6. The minimum absolute atomic E-state index is 0.654. The van der Waals surface area contributed by atoms with E-state index in [-0.39, 0.29) is 0 Å². The second-order valence-electron chi connectivity index (χ2n) is 7.41. The fraction of sp³-hybridized carbons (Fsp3) is 0.409. The Balaban J connectivity index is 1.60. The Labute approximate surface area is 181 Å². The SMILES string of the molecule is CCCn1c(-c2ccncc2)nn(CN2CCc3cc(OC)c(OC)cc3C2)c1=S. The monoisotopic (exact) mass is 425 g/mol. The van der Waals surface area contributed by atoms with Crippen molar-refractivity contribution in [1.29, 1.82) is 0 Å². The Bertz CT molecular complexity index is 1080. The van der Waals surface area contributed by atoms with Gasteiger partial charge in [-0.25, -0.2) is 4.68 Å². The molecule has 0 amide bonds. The van der Waals surface area contributed by atoms with Crippen LogP contribution in [0.3, 0.4) is 0 Å². The van der Waals surface area contributed by atoms with E-state index in [9.17, 15) is 0 Å². The fourth-order valence-electron chi connectivity index (χ4n) is 3.92. The van der Waals surface area contributed by atoms with Crippen LogP contribution in [0.2, 0.25) is 0 Å². The maximum absolute atomic E-state index is 5.78. The average molecular weight is 426 g/mol. The molecule has 8 heteroatoms. The van der Waals surface area contributed by atoms with E-state index in [4.69, 9.17) is 26.8 Å². The van der Waals surface area contributed by atoms with Crippen molar-refractivity contribution in [3.05, 3.63) is 52.6 Å². The molecular formula is C22H27N5O2S. The van der Waals surface area contributed by atoms with Gasteiger partial charge in [-0.2, -0.15) is 5.10 Å². The molecule has 0 radical (unpaired) electrons. The van der Waals surface area contributed by atoms with Crippen molar-refractivity contribution >= 4 is 12.2 Å². The van der Waals surface area contributed by atoms with Crippen LogP contribution in [0, 0.1) is 4.77 Å². The number of benzene rings is 1. The highest BCUT2D eigenvalue weighted by atomic mass is 32.1. The van der Waals surface area contributed by atoms with Crippen molar-refractivity contribution in [1.82, 2.24) is 24.2 Å². The van der Waals surface area contributed by atoms with Crippen molar-refractivity contribution in [2.24, 2.45) is 0 Å². The first kappa shape index (κ1) is 20.6. The van der Waals surface area contributed by atoms with Gasteiger partial charge in [-0.15, -0.1) is 0 Å². The van der Waals surface area contributed by atoms with Gasteiger partial charge in [0.2, 0.25) is 0 Å². The zero-order valence-electron chi connectivity index (χ0n) is 17.7. The van der Waals surface area contributed by atoms with Crippen molar-refractivity contribution in [2.75, 3.05) is 20.8 Å². The normalized spacial score (nSPS) is 13.8. The molecule has 0 atom stereocenters. The summed E-state index contributed by atoms with van der Waals surface area (Å²) in [5.41, 5.74) is 3.60. The molecule has 0 aliphatic carbocycles. The Hall–Kier alpha value is -2.71. The summed E-state index contributed by atoms with van der Waals surface area (Å²) in [6, 6.07) is 8.13. The second-order valence-corrected chi connectivity index (χ2v) is 7.78. The van der Waals surface area contributed by atoms with Crippen molar-refractivity contribution in [2.45, 2.75) is 39.5 Å². The number of hydrogen-bond acceptors (Lipinski definition) is 6. The van der Waals surface area contributed by atoms with Crippen LogP contribution in [0.4, 0.5) is 0 Å². The van der Waals surface area contributed by atoms with Gasteiger partial charge in [0.1, 0.15) is 0 Å². The number of ether oxygens (including phenoxy) is 2. The van der Waals surface area contributed by atoms with E-state index in [2.05, 4.69) is 33.5 Å². The Kier molecular flexibility index (Phi) is 6.15. The molecule has 0 spiro atoms. The molecular weight excluding hydrogens is 398 g/mol. The summed E-state index contributed by atoms with van der Waals surface area (Å²) in [5, 5.41) is 4.87. The minimum Gasteiger partial charge on any atom is -0.493 e. The highest BCUT2D eigenvalue weighted by Gasteiger charge is 2.21. The van der Waals surface area contributed by atoms with E-state index in [1.807, 2.05) is 16.8 Å². The molecule has 2 aromatic heterocycles. The summed E-state index contributed by atoms with van der Waals surface area (Å²) in [6.45, 7) is 5.41. The molecule has 0 fully saturated rings. The summed E-state index contributed by atoms with van der Waals surface area (Å²) in [6.07, 6.45) is 5.53. The van der Waals surface area contributed by atoms with Crippen LogP contribution in [0.25, 0.3) is 11.4 Å². The molecule has 0 bridgehead atoms. The molecule has 30 heavy (non-hydrogen) atoms. The third-order valence-corrected chi connectivity index (χ3v) is 5.87. The van der Waals surface area contributed by atoms with E-state index < -0.39 is 0 Å². The predicted octanol–water partition coefficient (Wildman–Crippen LogP) is 3.92. The summed E-state index contributed by atoms with van der Waals surface area (Å²) in [7, 11) is 3.35. The van der Waals surface area contributed by atoms with E-state index in [0.717, 1.165) is 60.1 Å². The fourth-order valence-corrected chi connectivity index (χ4v) is 4.20. The lowest BCUT2D eigenvalue weighted by Crippen LogP contribution is -2.33. The van der Waals surface area contributed by atoms with Crippen LogP contribution in [0.15, 0.2) is 36.7 Å². The van der Waals surface area contributed by atoms with Crippen LogP contribution in [0.5, 0.6) is 11.5 Å². The summed E-state index contributed by atoms with van der Waals surface area (Å²) in [5.74, 6) is 2.45. The van der Waals surface area contributed by atoms with Gasteiger partial charge in [0.05, 0.1) is 20.9 Å².